The lowest BCUT2D eigenvalue weighted by Crippen LogP contribution is -2.52. The van der Waals surface area contributed by atoms with E-state index < -0.39 is 10.0 Å². The zero-order valence-corrected chi connectivity index (χ0v) is 13.4. The molecule has 2 aromatic carbocycles. The number of hydrogen-bond acceptors (Lipinski definition) is 3. The molecule has 0 bridgehead atoms. The molecule has 1 aliphatic rings. The Labute approximate surface area is 131 Å². The van der Waals surface area contributed by atoms with Crippen molar-refractivity contribution in [1.29, 1.82) is 0 Å². The predicted octanol–water partition coefficient (Wildman–Crippen LogP) is 2.34. The van der Waals surface area contributed by atoms with Crippen LogP contribution in [0.3, 0.4) is 0 Å². The molecule has 4 nitrogen and oxygen atoms in total. The fourth-order valence-corrected chi connectivity index (χ4v) is 4.46. The molecule has 5 heteroatoms. The molecule has 1 fully saturated rings. The monoisotopic (exact) mass is 316 g/mol. The molecule has 0 spiro atoms. The van der Waals surface area contributed by atoms with Crippen LogP contribution in [0.1, 0.15) is 6.92 Å². The maximum atomic E-state index is 12.9. The van der Waals surface area contributed by atoms with Crippen molar-refractivity contribution in [3.05, 3.63) is 54.6 Å². The second-order valence-electron chi connectivity index (χ2n) is 5.56. The van der Waals surface area contributed by atoms with Gasteiger partial charge in [0.2, 0.25) is 10.0 Å². The van der Waals surface area contributed by atoms with Crippen LogP contribution < -0.4 is 5.32 Å². The van der Waals surface area contributed by atoms with E-state index in [0.29, 0.717) is 24.5 Å². The van der Waals surface area contributed by atoms with Crippen molar-refractivity contribution in [2.45, 2.75) is 17.9 Å². The van der Waals surface area contributed by atoms with Gasteiger partial charge in [0.1, 0.15) is 0 Å². The van der Waals surface area contributed by atoms with Crippen molar-refractivity contribution in [2.75, 3.05) is 19.6 Å². The Bertz CT molecular complexity index is 744. The summed E-state index contributed by atoms with van der Waals surface area (Å²) in [6.45, 7) is 3.84. The van der Waals surface area contributed by atoms with Crippen LogP contribution >= 0.6 is 0 Å². The molecule has 0 aliphatic carbocycles. The third-order valence-electron chi connectivity index (χ3n) is 3.99. The molecule has 1 aliphatic heterocycles. The fourth-order valence-electron chi connectivity index (χ4n) is 2.78. The minimum absolute atomic E-state index is 0.0286. The molecule has 1 N–H and O–H groups in total. The predicted molar refractivity (Wildman–Crippen MR) is 88.1 cm³/mol. The van der Waals surface area contributed by atoms with Crippen molar-refractivity contribution < 1.29 is 8.42 Å². The van der Waals surface area contributed by atoms with E-state index in [1.807, 2.05) is 49.4 Å². The van der Waals surface area contributed by atoms with Crippen molar-refractivity contribution in [3.63, 3.8) is 0 Å². The summed E-state index contributed by atoms with van der Waals surface area (Å²) in [6.07, 6.45) is 0. The Kier molecular flexibility index (Phi) is 4.29. The molecule has 2 aromatic rings. The topological polar surface area (TPSA) is 49.4 Å². The van der Waals surface area contributed by atoms with E-state index in [9.17, 15) is 8.42 Å². The number of hydrogen-bond donors (Lipinski definition) is 1. The highest BCUT2D eigenvalue weighted by Gasteiger charge is 2.30. The number of piperazine rings is 1. The van der Waals surface area contributed by atoms with E-state index in [-0.39, 0.29) is 6.04 Å². The Morgan fingerprint density at radius 2 is 1.77 bits per heavy atom. The molecule has 22 heavy (non-hydrogen) atoms. The van der Waals surface area contributed by atoms with Gasteiger partial charge in [0.15, 0.2) is 0 Å². The maximum Gasteiger partial charge on any atom is 0.243 e. The number of benzene rings is 2. The molecule has 0 saturated carbocycles. The molecule has 1 atom stereocenters. The van der Waals surface area contributed by atoms with Crippen molar-refractivity contribution in [1.82, 2.24) is 9.62 Å². The minimum atomic E-state index is -3.45. The highest BCUT2D eigenvalue weighted by atomic mass is 32.2. The molecule has 1 heterocycles. The normalized spacial score (nSPS) is 20.0. The van der Waals surface area contributed by atoms with E-state index in [2.05, 4.69) is 5.32 Å². The quantitative estimate of drug-likeness (QED) is 0.945. The molecule has 0 radical (unpaired) electrons. The van der Waals surface area contributed by atoms with Crippen LogP contribution in [0, 0.1) is 0 Å². The summed E-state index contributed by atoms with van der Waals surface area (Å²) in [5.74, 6) is 0. The van der Waals surface area contributed by atoms with Gasteiger partial charge in [0.25, 0.3) is 0 Å². The standard InChI is InChI=1S/C17H20N2O2S/c1-14-13-18-10-11-19(14)22(20,21)17-9-5-8-16(12-17)15-6-3-2-4-7-15/h2-9,12,14,18H,10-11,13H2,1H3/t14-/m1/s1. The molecular weight excluding hydrogens is 296 g/mol. The second kappa shape index (κ2) is 6.20. The first-order valence-electron chi connectivity index (χ1n) is 7.47. The third-order valence-corrected chi connectivity index (χ3v) is 6.00. The smallest absolute Gasteiger partial charge is 0.243 e. The van der Waals surface area contributed by atoms with Crippen molar-refractivity contribution in [3.8, 4) is 11.1 Å². The fraction of sp³-hybridized carbons (Fsp3) is 0.294. The number of nitrogens with zero attached hydrogens (tertiary/aromatic N) is 1. The van der Waals surface area contributed by atoms with Gasteiger partial charge in [-0.2, -0.15) is 4.31 Å². The lowest BCUT2D eigenvalue weighted by Gasteiger charge is -2.32. The highest BCUT2D eigenvalue weighted by Crippen LogP contribution is 2.25. The van der Waals surface area contributed by atoms with E-state index >= 15 is 0 Å². The van der Waals surface area contributed by atoms with Crippen LogP contribution in [0.2, 0.25) is 0 Å². The Hall–Kier alpha value is -1.69. The first-order valence-corrected chi connectivity index (χ1v) is 8.91. The van der Waals surface area contributed by atoms with E-state index in [0.717, 1.165) is 11.1 Å². The Morgan fingerprint density at radius 1 is 1.05 bits per heavy atom. The van der Waals surface area contributed by atoms with Gasteiger partial charge in [0.05, 0.1) is 4.90 Å². The van der Waals surface area contributed by atoms with Crippen LogP contribution in [0.4, 0.5) is 0 Å². The van der Waals surface area contributed by atoms with Crippen LogP contribution in [-0.4, -0.2) is 38.4 Å². The average Bonchev–Trinajstić information content (AvgIpc) is 2.56. The van der Waals surface area contributed by atoms with Gasteiger partial charge in [-0.15, -0.1) is 0 Å². The lowest BCUT2D eigenvalue weighted by molar-refractivity contribution is 0.284. The number of rotatable bonds is 3. The second-order valence-corrected chi connectivity index (χ2v) is 7.45. The van der Waals surface area contributed by atoms with E-state index in [1.165, 1.54) is 0 Å². The minimum Gasteiger partial charge on any atom is -0.314 e. The third kappa shape index (κ3) is 2.92. The highest BCUT2D eigenvalue weighted by molar-refractivity contribution is 7.89. The summed E-state index contributed by atoms with van der Waals surface area (Å²) in [5, 5.41) is 3.22. The number of nitrogens with one attached hydrogen (secondary N) is 1. The first kappa shape index (κ1) is 15.2. The van der Waals surface area contributed by atoms with Gasteiger partial charge < -0.3 is 5.32 Å². The summed E-state index contributed by atoms with van der Waals surface area (Å²) in [6, 6.07) is 17.0. The van der Waals surface area contributed by atoms with E-state index in [4.69, 9.17) is 0 Å². The van der Waals surface area contributed by atoms with Crippen molar-refractivity contribution in [2.24, 2.45) is 0 Å². The molecule has 1 saturated heterocycles. The Morgan fingerprint density at radius 3 is 2.50 bits per heavy atom. The molecule has 0 aromatic heterocycles. The molecule has 0 amide bonds. The summed E-state index contributed by atoms with van der Waals surface area (Å²) in [5.41, 5.74) is 1.94. The van der Waals surface area contributed by atoms with Gasteiger partial charge in [-0.25, -0.2) is 8.42 Å². The first-order chi connectivity index (χ1) is 10.6. The molecule has 3 rings (SSSR count). The van der Waals surface area contributed by atoms with Crippen LogP contribution in [0.25, 0.3) is 11.1 Å². The molecule has 116 valence electrons. The SMILES string of the molecule is C[C@@H]1CNCCN1S(=O)(=O)c1cccc(-c2ccccc2)c1. The average molecular weight is 316 g/mol. The van der Waals surface area contributed by atoms with E-state index in [1.54, 1.807) is 16.4 Å². The van der Waals surface area contributed by atoms with Gasteiger partial charge >= 0.3 is 0 Å². The van der Waals surface area contributed by atoms with Crippen LogP contribution in [0.5, 0.6) is 0 Å². The maximum absolute atomic E-state index is 12.9. The molecule has 0 unspecified atom stereocenters. The van der Waals surface area contributed by atoms with Crippen LogP contribution in [-0.2, 0) is 10.0 Å². The lowest BCUT2D eigenvalue weighted by atomic mass is 10.1. The van der Waals surface area contributed by atoms with Gasteiger partial charge in [-0.05, 0) is 30.2 Å². The van der Waals surface area contributed by atoms with Crippen molar-refractivity contribution >= 4 is 10.0 Å². The number of sulfonamides is 1. The van der Waals surface area contributed by atoms with Gasteiger partial charge in [-0.3, -0.25) is 0 Å². The summed E-state index contributed by atoms with van der Waals surface area (Å²) in [7, 11) is -3.45. The zero-order chi connectivity index (χ0) is 15.6. The molecular formula is C17H20N2O2S. The Balaban J connectivity index is 1.98. The summed E-state index contributed by atoms with van der Waals surface area (Å²) >= 11 is 0. The summed E-state index contributed by atoms with van der Waals surface area (Å²) in [4.78, 5) is 0.364. The van der Waals surface area contributed by atoms with Gasteiger partial charge in [-0.1, -0.05) is 42.5 Å². The summed E-state index contributed by atoms with van der Waals surface area (Å²) < 4.78 is 27.3. The van der Waals surface area contributed by atoms with Gasteiger partial charge in [0, 0.05) is 25.7 Å². The van der Waals surface area contributed by atoms with Crippen LogP contribution in [0.15, 0.2) is 59.5 Å². The zero-order valence-electron chi connectivity index (χ0n) is 12.6. The largest absolute Gasteiger partial charge is 0.314 e.